The number of benzene rings is 1. The van der Waals surface area contributed by atoms with Crippen LogP contribution in [0, 0.1) is 6.92 Å². The van der Waals surface area contributed by atoms with Gasteiger partial charge in [0, 0.05) is 6.54 Å². The maximum absolute atomic E-state index is 11.7. The normalized spacial score (nSPS) is 10.2. The molecule has 1 aromatic heterocycles. The van der Waals surface area contributed by atoms with Crippen molar-refractivity contribution in [3.05, 3.63) is 41.7 Å². The lowest BCUT2D eigenvalue weighted by Gasteiger charge is -2.05. The van der Waals surface area contributed by atoms with Gasteiger partial charge in [0.05, 0.1) is 5.75 Å². The Hall–Kier alpha value is -2.15. The van der Waals surface area contributed by atoms with Crippen molar-refractivity contribution in [2.24, 2.45) is 0 Å². The highest BCUT2D eigenvalue weighted by Crippen LogP contribution is 2.11. The van der Waals surface area contributed by atoms with Crippen molar-refractivity contribution >= 4 is 23.6 Å². The second-order valence-corrected chi connectivity index (χ2v) is 5.12. The molecule has 0 aliphatic carbocycles. The highest BCUT2D eigenvalue weighted by Gasteiger charge is 2.05. The fourth-order valence-corrected chi connectivity index (χ4v) is 2.09. The average Bonchev–Trinajstić information content (AvgIpc) is 2.45. The topological polar surface area (TPSA) is 93.8 Å². The first-order valence-corrected chi connectivity index (χ1v) is 7.01. The SMILES string of the molecule is Cc1ccc(CNC(=O)CSc2ncnc(N)n2)cc1. The summed E-state index contributed by atoms with van der Waals surface area (Å²) in [6.07, 6.45) is 1.33. The van der Waals surface area contributed by atoms with Crippen LogP contribution in [0.1, 0.15) is 11.1 Å². The number of nitrogens with one attached hydrogen (secondary N) is 1. The van der Waals surface area contributed by atoms with Crippen molar-refractivity contribution < 1.29 is 4.79 Å². The van der Waals surface area contributed by atoms with Gasteiger partial charge in [-0.15, -0.1) is 0 Å². The summed E-state index contributed by atoms with van der Waals surface area (Å²) in [6, 6.07) is 8.03. The van der Waals surface area contributed by atoms with Crippen LogP contribution >= 0.6 is 11.8 Å². The van der Waals surface area contributed by atoms with Gasteiger partial charge in [-0.25, -0.2) is 9.97 Å². The molecule has 1 aromatic carbocycles. The second-order valence-electron chi connectivity index (χ2n) is 4.18. The fraction of sp³-hybridized carbons (Fsp3) is 0.231. The molecule has 0 aliphatic rings. The zero-order chi connectivity index (χ0) is 14.4. The number of anilines is 1. The number of amides is 1. The van der Waals surface area contributed by atoms with Gasteiger partial charge in [-0.05, 0) is 12.5 Å². The smallest absolute Gasteiger partial charge is 0.230 e. The number of aromatic nitrogens is 3. The minimum absolute atomic E-state index is 0.0745. The average molecular weight is 289 g/mol. The lowest BCUT2D eigenvalue weighted by molar-refractivity contribution is -0.118. The Morgan fingerprint density at radius 1 is 1.30 bits per heavy atom. The minimum atomic E-state index is -0.0745. The standard InChI is InChI=1S/C13H15N5OS/c1-9-2-4-10(5-3-9)6-15-11(19)7-20-13-17-8-16-12(14)18-13/h2-5,8H,6-7H2,1H3,(H,15,19)(H2,14,16,17,18). The molecule has 0 aliphatic heterocycles. The first-order chi connectivity index (χ1) is 9.63. The third-order valence-electron chi connectivity index (χ3n) is 2.51. The number of carbonyl (C=O) groups is 1. The van der Waals surface area contributed by atoms with Crippen molar-refractivity contribution in [1.29, 1.82) is 0 Å². The maximum atomic E-state index is 11.7. The predicted molar refractivity (Wildman–Crippen MR) is 78.0 cm³/mol. The third kappa shape index (κ3) is 4.51. The van der Waals surface area contributed by atoms with Crippen LogP contribution in [-0.4, -0.2) is 26.6 Å². The van der Waals surface area contributed by atoms with E-state index in [2.05, 4.69) is 20.3 Å². The zero-order valence-electron chi connectivity index (χ0n) is 11.0. The number of nitrogens with two attached hydrogens (primary N) is 1. The van der Waals surface area contributed by atoms with Gasteiger partial charge in [-0.2, -0.15) is 4.98 Å². The number of thioether (sulfide) groups is 1. The number of rotatable bonds is 5. The number of nitrogen functional groups attached to an aromatic ring is 1. The molecule has 0 bridgehead atoms. The molecule has 3 N–H and O–H groups in total. The lowest BCUT2D eigenvalue weighted by Crippen LogP contribution is -2.24. The molecular weight excluding hydrogens is 274 g/mol. The van der Waals surface area contributed by atoms with Gasteiger partial charge in [-0.3, -0.25) is 4.79 Å². The van der Waals surface area contributed by atoms with Crippen molar-refractivity contribution in [3.8, 4) is 0 Å². The van der Waals surface area contributed by atoms with Gasteiger partial charge >= 0.3 is 0 Å². The lowest BCUT2D eigenvalue weighted by atomic mass is 10.1. The molecule has 6 nitrogen and oxygen atoms in total. The van der Waals surface area contributed by atoms with Crippen molar-refractivity contribution in [2.75, 3.05) is 11.5 Å². The third-order valence-corrected chi connectivity index (χ3v) is 3.37. The number of hydrogen-bond donors (Lipinski definition) is 2. The Balaban J connectivity index is 1.77. The molecule has 104 valence electrons. The molecule has 0 saturated carbocycles. The summed E-state index contributed by atoms with van der Waals surface area (Å²) in [5, 5.41) is 3.29. The van der Waals surface area contributed by atoms with E-state index in [0.717, 1.165) is 5.56 Å². The van der Waals surface area contributed by atoms with E-state index in [0.29, 0.717) is 11.7 Å². The minimum Gasteiger partial charge on any atom is -0.368 e. The number of carbonyl (C=O) groups excluding carboxylic acids is 1. The van der Waals surface area contributed by atoms with Gasteiger partial charge in [0.25, 0.3) is 0 Å². The molecule has 0 spiro atoms. The summed E-state index contributed by atoms with van der Waals surface area (Å²) in [5.74, 6) is 0.326. The Morgan fingerprint density at radius 3 is 2.75 bits per heavy atom. The molecule has 7 heteroatoms. The van der Waals surface area contributed by atoms with E-state index in [1.807, 2.05) is 31.2 Å². The molecule has 0 saturated heterocycles. The summed E-state index contributed by atoms with van der Waals surface area (Å²) in [4.78, 5) is 23.2. The van der Waals surface area contributed by atoms with Gasteiger partial charge in [0.15, 0.2) is 5.16 Å². The highest BCUT2D eigenvalue weighted by atomic mass is 32.2. The summed E-state index contributed by atoms with van der Waals surface area (Å²) in [7, 11) is 0. The van der Waals surface area contributed by atoms with Gasteiger partial charge in [0.1, 0.15) is 6.33 Å². The van der Waals surface area contributed by atoms with Gasteiger partial charge in [-0.1, -0.05) is 41.6 Å². The highest BCUT2D eigenvalue weighted by molar-refractivity contribution is 7.99. The molecule has 2 aromatic rings. The fourth-order valence-electron chi connectivity index (χ4n) is 1.45. The number of aryl methyl sites for hydroxylation is 1. The molecular formula is C13H15N5OS. The van der Waals surface area contributed by atoms with E-state index in [4.69, 9.17) is 5.73 Å². The molecule has 2 rings (SSSR count). The number of hydrogen-bond acceptors (Lipinski definition) is 6. The Kier molecular flexibility index (Phi) is 4.89. The van der Waals surface area contributed by atoms with Crippen LogP contribution in [0.15, 0.2) is 35.7 Å². The monoisotopic (exact) mass is 289 g/mol. The Labute approximate surface area is 121 Å². The molecule has 1 amide bonds. The van der Waals surface area contributed by atoms with Crippen molar-refractivity contribution in [3.63, 3.8) is 0 Å². The summed E-state index contributed by atoms with van der Waals surface area (Å²) in [6.45, 7) is 2.54. The van der Waals surface area contributed by atoms with E-state index < -0.39 is 0 Å². The molecule has 20 heavy (non-hydrogen) atoms. The number of nitrogens with zero attached hydrogens (tertiary/aromatic N) is 3. The predicted octanol–water partition coefficient (Wildman–Crippen LogP) is 1.17. The van der Waals surface area contributed by atoms with Crippen LogP contribution in [0.5, 0.6) is 0 Å². The van der Waals surface area contributed by atoms with Gasteiger partial charge < -0.3 is 11.1 Å². The largest absolute Gasteiger partial charge is 0.368 e. The van der Waals surface area contributed by atoms with Crippen LogP contribution in [0.4, 0.5) is 5.95 Å². The molecule has 1 heterocycles. The van der Waals surface area contributed by atoms with Crippen LogP contribution in [0.3, 0.4) is 0 Å². The van der Waals surface area contributed by atoms with Crippen LogP contribution in [0.25, 0.3) is 0 Å². The van der Waals surface area contributed by atoms with E-state index in [1.165, 1.54) is 23.7 Å². The van der Waals surface area contributed by atoms with Crippen LogP contribution in [0.2, 0.25) is 0 Å². The van der Waals surface area contributed by atoms with Gasteiger partial charge in [0.2, 0.25) is 11.9 Å². The summed E-state index contributed by atoms with van der Waals surface area (Å²) >= 11 is 1.23. The van der Waals surface area contributed by atoms with Crippen LogP contribution in [-0.2, 0) is 11.3 Å². The van der Waals surface area contributed by atoms with Crippen molar-refractivity contribution in [1.82, 2.24) is 20.3 Å². The first-order valence-electron chi connectivity index (χ1n) is 6.03. The molecule has 0 radical (unpaired) electrons. The molecule has 0 atom stereocenters. The Bertz CT molecular complexity index is 588. The Morgan fingerprint density at radius 2 is 2.05 bits per heavy atom. The summed E-state index contributed by atoms with van der Waals surface area (Å²) in [5.41, 5.74) is 7.70. The summed E-state index contributed by atoms with van der Waals surface area (Å²) < 4.78 is 0. The van der Waals surface area contributed by atoms with E-state index in [-0.39, 0.29) is 17.6 Å². The van der Waals surface area contributed by atoms with Crippen LogP contribution < -0.4 is 11.1 Å². The molecule has 0 fully saturated rings. The van der Waals surface area contributed by atoms with E-state index in [1.54, 1.807) is 0 Å². The van der Waals surface area contributed by atoms with E-state index in [9.17, 15) is 4.79 Å². The zero-order valence-corrected chi connectivity index (χ0v) is 11.9. The molecule has 0 unspecified atom stereocenters. The maximum Gasteiger partial charge on any atom is 0.230 e. The quantitative estimate of drug-likeness (QED) is 0.803. The second kappa shape index (κ2) is 6.85. The first kappa shape index (κ1) is 14.3. The van der Waals surface area contributed by atoms with E-state index >= 15 is 0 Å². The van der Waals surface area contributed by atoms with Crippen molar-refractivity contribution in [2.45, 2.75) is 18.6 Å².